The molecule has 4 heteroatoms. The van der Waals surface area contributed by atoms with E-state index in [1.807, 2.05) is 65.4 Å². The zero-order chi connectivity index (χ0) is 15.6. The summed E-state index contributed by atoms with van der Waals surface area (Å²) >= 11 is 0. The maximum atomic E-state index is 12.5. The summed E-state index contributed by atoms with van der Waals surface area (Å²) in [6, 6.07) is 17.1. The van der Waals surface area contributed by atoms with Crippen LogP contribution in [0, 0.1) is 0 Å². The third-order valence-corrected chi connectivity index (χ3v) is 3.97. The van der Waals surface area contributed by atoms with E-state index in [-0.39, 0.29) is 12.3 Å². The Bertz CT molecular complexity index is 862. The highest BCUT2D eigenvalue weighted by Crippen LogP contribution is 2.33. The van der Waals surface area contributed by atoms with Crippen LogP contribution < -0.4 is 14.0 Å². The molecular weight excluding hydrogens is 290 g/mol. The van der Waals surface area contributed by atoms with Crippen molar-refractivity contribution in [3.05, 3.63) is 66.4 Å². The molecule has 1 aliphatic rings. The average Bonchev–Trinajstić information content (AvgIpc) is 2.82. The SMILES string of the molecule is O=C(C[n+]1ccc2c3c(cccc31)OCCO2)c1ccccc1. The topological polar surface area (TPSA) is 39.4 Å². The largest absolute Gasteiger partial charge is 0.489 e. The van der Waals surface area contributed by atoms with E-state index in [9.17, 15) is 4.79 Å². The summed E-state index contributed by atoms with van der Waals surface area (Å²) in [5.74, 6) is 1.68. The van der Waals surface area contributed by atoms with Crippen molar-refractivity contribution in [2.75, 3.05) is 13.2 Å². The molecule has 0 radical (unpaired) electrons. The summed E-state index contributed by atoms with van der Waals surface area (Å²) < 4.78 is 13.4. The van der Waals surface area contributed by atoms with Crippen LogP contribution in [0.25, 0.3) is 10.9 Å². The van der Waals surface area contributed by atoms with Gasteiger partial charge in [-0.05, 0) is 6.07 Å². The highest BCUT2D eigenvalue weighted by atomic mass is 16.5. The van der Waals surface area contributed by atoms with Crippen LogP contribution in [0.4, 0.5) is 0 Å². The number of pyridine rings is 1. The minimum atomic E-state index is 0.0757. The Kier molecular flexibility index (Phi) is 3.42. The molecule has 0 saturated carbocycles. The molecule has 4 rings (SSSR count). The summed E-state index contributed by atoms with van der Waals surface area (Å²) in [4.78, 5) is 12.5. The second-order valence-electron chi connectivity index (χ2n) is 5.44. The quantitative estimate of drug-likeness (QED) is 0.552. The van der Waals surface area contributed by atoms with Gasteiger partial charge >= 0.3 is 0 Å². The van der Waals surface area contributed by atoms with Gasteiger partial charge in [-0.15, -0.1) is 0 Å². The number of carbonyl (C=O) groups is 1. The number of hydrogen-bond donors (Lipinski definition) is 0. The van der Waals surface area contributed by atoms with Gasteiger partial charge in [0.1, 0.15) is 30.1 Å². The van der Waals surface area contributed by atoms with Gasteiger partial charge in [0.2, 0.25) is 17.8 Å². The Labute approximate surface area is 133 Å². The molecule has 0 atom stereocenters. The van der Waals surface area contributed by atoms with Crippen LogP contribution in [0.5, 0.6) is 11.5 Å². The first-order valence-corrected chi connectivity index (χ1v) is 7.62. The van der Waals surface area contributed by atoms with Crippen LogP contribution in [0.1, 0.15) is 10.4 Å². The molecule has 2 aromatic carbocycles. The number of ether oxygens (including phenoxy) is 2. The van der Waals surface area contributed by atoms with Crippen LogP contribution in [0.3, 0.4) is 0 Å². The lowest BCUT2D eigenvalue weighted by Gasteiger charge is -2.07. The van der Waals surface area contributed by atoms with E-state index in [4.69, 9.17) is 9.47 Å². The van der Waals surface area contributed by atoms with Crippen molar-refractivity contribution in [1.29, 1.82) is 0 Å². The van der Waals surface area contributed by atoms with Crippen LogP contribution >= 0.6 is 0 Å². The van der Waals surface area contributed by atoms with E-state index >= 15 is 0 Å². The molecule has 3 aromatic rings. The molecule has 2 heterocycles. The van der Waals surface area contributed by atoms with E-state index in [0.717, 1.165) is 22.4 Å². The molecule has 0 bridgehead atoms. The summed E-state index contributed by atoms with van der Waals surface area (Å²) in [6.45, 7) is 1.33. The van der Waals surface area contributed by atoms with E-state index in [1.165, 1.54) is 0 Å². The van der Waals surface area contributed by atoms with Crippen molar-refractivity contribution in [3.8, 4) is 11.5 Å². The van der Waals surface area contributed by atoms with Gasteiger partial charge in [0.25, 0.3) is 0 Å². The van der Waals surface area contributed by atoms with Crippen LogP contribution in [0.15, 0.2) is 60.8 Å². The monoisotopic (exact) mass is 306 g/mol. The number of aromatic nitrogens is 1. The predicted molar refractivity (Wildman–Crippen MR) is 85.9 cm³/mol. The Hall–Kier alpha value is -2.88. The fourth-order valence-electron chi connectivity index (χ4n) is 2.88. The van der Waals surface area contributed by atoms with Crippen LogP contribution in [0.2, 0.25) is 0 Å². The Morgan fingerprint density at radius 3 is 2.43 bits per heavy atom. The van der Waals surface area contributed by atoms with Gasteiger partial charge in [-0.1, -0.05) is 36.4 Å². The summed E-state index contributed by atoms with van der Waals surface area (Å²) in [5.41, 5.74) is 1.65. The zero-order valence-corrected chi connectivity index (χ0v) is 12.6. The van der Waals surface area contributed by atoms with Gasteiger partial charge < -0.3 is 9.47 Å². The summed E-state index contributed by atoms with van der Waals surface area (Å²) in [6.07, 6.45) is 1.90. The van der Waals surface area contributed by atoms with Crippen molar-refractivity contribution in [2.24, 2.45) is 0 Å². The number of carbonyl (C=O) groups excluding carboxylic acids is 1. The highest BCUT2D eigenvalue weighted by Gasteiger charge is 2.22. The van der Waals surface area contributed by atoms with Crippen molar-refractivity contribution in [2.45, 2.75) is 6.54 Å². The summed E-state index contributed by atoms with van der Waals surface area (Å²) in [5, 5.41) is 0.924. The Balaban J connectivity index is 1.78. The molecule has 0 N–H and O–H groups in total. The Morgan fingerprint density at radius 1 is 0.913 bits per heavy atom. The number of ketones is 1. The predicted octanol–water partition coefficient (Wildman–Crippen LogP) is 2.78. The minimum absolute atomic E-state index is 0.0757. The molecule has 0 fully saturated rings. The lowest BCUT2D eigenvalue weighted by Crippen LogP contribution is -2.38. The van der Waals surface area contributed by atoms with Gasteiger partial charge in [-0.3, -0.25) is 4.79 Å². The molecule has 0 amide bonds. The van der Waals surface area contributed by atoms with E-state index in [0.29, 0.717) is 18.8 Å². The van der Waals surface area contributed by atoms with Gasteiger partial charge in [0, 0.05) is 17.7 Å². The van der Waals surface area contributed by atoms with Crippen molar-refractivity contribution < 1.29 is 18.8 Å². The fraction of sp³-hybridized carbons (Fsp3) is 0.158. The number of nitrogens with zero attached hydrogens (tertiary/aromatic N) is 1. The van der Waals surface area contributed by atoms with Crippen molar-refractivity contribution >= 4 is 16.7 Å². The molecule has 1 aromatic heterocycles. The second-order valence-corrected chi connectivity index (χ2v) is 5.44. The molecule has 0 aliphatic carbocycles. The Morgan fingerprint density at radius 2 is 1.65 bits per heavy atom. The van der Waals surface area contributed by atoms with Crippen molar-refractivity contribution in [3.63, 3.8) is 0 Å². The second kappa shape index (κ2) is 5.72. The molecule has 23 heavy (non-hydrogen) atoms. The molecule has 0 unspecified atom stereocenters. The first-order valence-electron chi connectivity index (χ1n) is 7.62. The standard InChI is InChI=1S/C19H16NO3/c21-16(14-5-2-1-3-6-14)13-20-10-9-18-19-15(20)7-4-8-17(19)22-11-12-23-18/h1-10H,11-13H2/q+1. The minimum Gasteiger partial charge on any atom is -0.489 e. The highest BCUT2D eigenvalue weighted by molar-refractivity contribution is 5.95. The van der Waals surface area contributed by atoms with Gasteiger partial charge in [0.05, 0.1) is 0 Å². The lowest BCUT2D eigenvalue weighted by molar-refractivity contribution is -0.657. The molecule has 1 aliphatic heterocycles. The van der Waals surface area contributed by atoms with E-state index in [1.54, 1.807) is 0 Å². The molecule has 0 spiro atoms. The third-order valence-electron chi connectivity index (χ3n) is 3.97. The maximum Gasteiger partial charge on any atom is 0.227 e. The molecule has 4 nitrogen and oxygen atoms in total. The summed E-state index contributed by atoms with van der Waals surface area (Å²) in [7, 11) is 0. The van der Waals surface area contributed by atoms with Crippen molar-refractivity contribution in [1.82, 2.24) is 0 Å². The number of rotatable bonds is 3. The molecule has 114 valence electrons. The van der Waals surface area contributed by atoms with Gasteiger partial charge in [0.15, 0.2) is 6.20 Å². The number of Topliss-reactive ketones (excluding diaryl/α,β-unsaturated/α-hetero) is 1. The van der Waals surface area contributed by atoms with Gasteiger partial charge in [-0.2, -0.15) is 4.57 Å². The first kappa shape index (κ1) is 13.8. The normalized spacial score (nSPS) is 13.0. The van der Waals surface area contributed by atoms with Crippen LogP contribution in [-0.4, -0.2) is 19.0 Å². The fourth-order valence-corrected chi connectivity index (χ4v) is 2.88. The molecule has 0 saturated heterocycles. The maximum absolute atomic E-state index is 12.5. The zero-order valence-electron chi connectivity index (χ0n) is 12.6. The number of benzene rings is 2. The van der Waals surface area contributed by atoms with Gasteiger partial charge in [-0.25, -0.2) is 0 Å². The molecular formula is C19H16NO3+. The van der Waals surface area contributed by atoms with E-state index < -0.39 is 0 Å². The lowest BCUT2D eigenvalue weighted by atomic mass is 10.1. The third kappa shape index (κ3) is 2.52. The smallest absolute Gasteiger partial charge is 0.227 e. The van der Waals surface area contributed by atoms with Crippen LogP contribution in [-0.2, 0) is 6.54 Å². The number of hydrogen-bond acceptors (Lipinski definition) is 3. The average molecular weight is 306 g/mol. The van der Waals surface area contributed by atoms with E-state index in [2.05, 4.69) is 0 Å². The first-order chi connectivity index (χ1) is 11.3.